The molecule has 0 saturated carbocycles. The predicted molar refractivity (Wildman–Crippen MR) is 47.8 cm³/mol. The Morgan fingerprint density at radius 1 is 1.42 bits per heavy atom. The minimum Gasteiger partial charge on any atom is -0.329 e. The summed E-state index contributed by atoms with van der Waals surface area (Å²) in [6.45, 7) is 0.0205. The van der Waals surface area contributed by atoms with Gasteiger partial charge < -0.3 is 5.73 Å². The van der Waals surface area contributed by atoms with Gasteiger partial charge in [-0.2, -0.15) is 0 Å². The van der Waals surface area contributed by atoms with Crippen LogP contribution in [0.2, 0.25) is 0 Å². The van der Waals surface area contributed by atoms with Crippen LogP contribution in [-0.4, -0.2) is 19.7 Å². The van der Waals surface area contributed by atoms with Crippen LogP contribution in [0.1, 0.15) is 6.42 Å². The molecule has 0 bridgehead atoms. The van der Waals surface area contributed by atoms with Gasteiger partial charge in [-0.25, -0.2) is 13.6 Å². The van der Waals surface area contributed by atoms with Gasteiger partial charge in [-0.1, -0.05) is 24.3 Å². The first-order chi connectivity index (χ1) is 5.52. The Kier molecular flexibility index (Phi) is 2.36. The van der Waals surface area contributed by atoms with Crippen molar-refractivity contribution in [3.63, 3.8) is 0 Å². The lowest BCUT2D eigenvalue weighted by atomic mass is 10.0. The van der Waals surface area contributed by atoms with Crippen LogP contribution in [0.15, 0.2) is 24.3 Å². The Balaban J connectivity index is 3.09. The molecule has 0 aromatic carbocycles. The summed E-state index contributed by atoms with van der Waals surface area (Å²) in [7, 11) is -3.60. The van der Waals surface area contributed by atoms with Gasteiger partial charge in [0, 0.05) is 6.54 Å². The molecule has 0 spiro atoms. The molecular formula is C7H12N2O2S. The molecule has 4 N–H and O–H groups in total. The molecule has 1 aliphatic rings. The number of allylic oxidation sites excluding steroid dienone is 3. The molecule has 0 radical (unpaired) electrons. The maximum atomic E-state index is 11.2. The van der Waals surface area contributed by atoms with Crippen molar-refractivity contribution >= 4 is 10.0 Å². The smallest absolute Gasteiger partial charge is 0.220 e. The summed E-state index contributed by atoms with van der Waals surface area (Å²) in [6.07, 6.45) is 7.08. The van der Waals surface area contributed by atoms with E-state index in [9.17, 15) is 8.42 Å². The van der Waals surface area contributed by atoms with E-state index in [1.54, 1.807) is 24.3 Å². The summed E-state index contributed by atoms with van der Waals surface area (Å²) in [5.74, 6) is 0. The zero-order valence-electron chi connectivity index (χ0n) is 6.60. The first kappa shape index (κ1) is 9.44. The summed E-state index contributed by atoms with van der Waals surface area (Å²) in [5, 5.41) is 5.06. The van der Waals surface area contributed by atoms with Gasteiger partial charge in [-0.15, -0.1) is 0 Å². The third kappa shape index (κ3) is 1.43. The van der Waals surface area contributed by atoms with Crippen molar-refractivity contribution in [3.8, 4) is 0 Å². The highest BCUT2D eigenvalue weighted by molar-refractivity contribution is 7.90. The highest BCUT2D eigenvalue weighted by atomic mass is 32.2. The highest BCUT2D eigenvalue weighted by Crippen LogP contribution is 2.23. The standard InChI is InChI=1S/C7H12N2O2S/c8-6-7(12(9,10)11)4-2-1-3-5-7/h1-4H,5-6,8H2,(H2,9,10,11). The second-order valence-electron chi connectivity index (χ2n) is 2.81. The molecule has 1 unspecified atom stereocenters. The second-order valence-corrected chi connectivity index (χ2v) is 4.71. The molecule has 1 aliphatic carbocycles. The van der Waals surface area contributed by atoms with Gasteiger partial charge in [-0.05, 0) is 6.42 Å². The first-order valence-electron chi connectivity index (χ1n) is 3.59. The summed E-state index contributed by atoms with van der Waals surface area (Å²) in [5.41, 5.74) is 5.38. The lowest BCUT2D eigenvalue weighted by Gasteiger charge is -2.26. The van der Waals surface area contributed by atoms with E-state index < -0.39 is 14.8 Å². The number of primary sulfonamides is 1. The molecule has 68 valence electrons. The monoisotopic (exact) mass is 188 g/mol. The molecule has 5 heteroatoms. The van der Waals surface area contributed by atoms with Crippen molar-refractivity contribution in [2.45, 2.75) is 11.2 Å². The van der Waals surface area contributed by atoms with Crippen molar-refractivity contribution < 1.29 is 8.42 Å². The fourth-order valence-electron chi connectivity index (χ4n) is 1.12. The average molecular weight is 188 g/mol. The summed E-state index contributed by atoms with van der Waals surface area (Å²) in [4.78, 5) is 0. The lowest BCUT2D eigenvalue weighted by Crippen LogP contribution is -2.47. The van der Waals surface area contributed by atoms with Gasteiger partial charge in [0.25, 0.3) is 0 Å². The number of nitrogens with two attached hydrogens (primary N) is 2. The number of hydrogen-bond acceptors (Lipinski definition) is 3. The Morgan fingerprint density at radius 3 is 2.33 bits per heavy atom. The van der Waals surface area contributed by atoms with Gasteiger partial charge >= 0.3 is 0 Å². The van der Waals surface area contributed by atoms with Crippen molar-refractivity contribution in [1.82, 2.24) is 0 Å². The average Bonchev–Trinajstić information content (AvgIpc) is 2.04. The molecule has 1 rings (SSSR count). The molecular weight excluding hydrogens is 176 g/mol. The lowest BCUT2D eigenvalue weighted by molar-refractivity contribution is 0.553. The molecule has 0 saturated heterocycles. The fraction of sp³-hybridized carbons (Fsp3) is 0.429. The SMILES string of the molecule is NCC1(S(N)(=O)=O)C=CC=CC1. The van der Waals surface area contributed by atoms with Crippen LogP contribution >= 0.6 is 0 Å². The Morgan fingerprint density at radius 2 is 2.08 bits per heavy atom. The van der Waals surface area contributed by atoms with Gasteiger partial charge in [-0.3, -0.25) is 0 Å². The fourth-order valence-corrected chi connectivity index (χ4v) is 1.95. The van der Waals surface area contributed by atoms with Crippen LogP contribution in [0.4, 0.5) is 0 Å². The molecule has 0 heterocycles. The van der Waals surface area contributed by atoms with E-state index in [2.05, 4.69) is 0 Å². The normalized spacial score (nSPS) is 29.2. The first-order valence-corrected chi connectivity index (χ1v) is 5.13. The van der Waals surface area contributed by atoms with Crippen LogP contribution in [0.5, 0.6) is 0 Å². The van der Waals surface area contributed by atoms with E-state index in [1.807, 2.05) is 0 Å². The van der Waals surface area contributed by atoms with Crippen molar-refractivity contribution in [2.75, 3.05) is 6.54 Å². The van der Waals surface area contributed by atoms with E-state index in [1.165, 1.54) is 0 Å². The maximum absolute atomic E-state index is 11.2. The molecule has 12 heavy (non-hydrogen) atoms. The van der Waals surface area contributed by atoms with Gasteiger partial charge in [0.1, 0.15) is 4.75 Å². The van der Waals surface area contributed by atoms with Crippen molar-refractivity contribution in [3.05, 3.63) is 24.3 Å². The van der Waals surface area contributed by atoms with E-state index in [0.717, 1.165) is 0 Å². The van der Waals surface area contributed by atoms with E-state index in [-0.39, 0.29) is 6.54 Å². The minimum absolute atomic E-state index is 0.0205. The van der Waals surface area contributed by atoms with E-state index in [4.69, 9.17) is 10.9 Å². The number of rotatable bonds is 2. The predicted octanol–water partition coefficient (Wildman–Crippen LogP) is -0.511. The Hall–Kier alpha value is -0.650. The third-order valence-corrected chi connectivity index (χ3v) is 3.63. The summed E-state index contributed by atoms with van der Waals surface area (Å²) < 4.78 is 21.2. The Bertz CT molecular complexity index is 318. The van der Waals surface area contributed by atoms with Crippen LogP contribution in [0, 0.1) is 0 Å². The van der Waals surface area contributed by atoms with Gasteiger partial charge in [0.15, 0.2) is 0 Å². The number of sulfonamides is 1. The quantitative estimate of drug-likeness (QED) is 0.612. The van der Waals surface area contributed by atoms with Crippen molar-refractivity contribution in [1.29, 1.82) is 0 Å². The van der Waals surface area contributed by atoms with Crippen molar-refractivity contribution in [2.24, 2.45) is 10.9 Å². The minimum atomic E-state index is -3.60. The van der Waals surface area contributed by atoms with Crippen LogP contribution in [0.3, 0.4) is 0 Å². The third-order valence-electron chi connectivity index (χ3n) is 2.02. The van der Waals surface area contributed by atoms with Crippen LogP contribution in [-0.2, 0) is 10.0 Å². The van der Waals surface area contributed by atoms with Crippen LogP contribution in [0.25, 0.3) is 0 Å². The maximum Gasteiger partial charge on any atom is 0.220 e. The molecule has 0 aromatic rings. The topological polar surface area (TPSA) is 86.2 Å². The van der Waals surface area contributed by atoms with Gasteiger partial charge in [0.05, 0.1) is 0 Å². The molecule has 0 aliphatic heterocycles. The summed E-state index contributed by atoms with van der Waals surface area (Å²) in [6, 6.07) is 0. The van der Waals surface area contributed by atoms with Gasteiger partial charge in [0.2, 0.25) is 10.0 Å². The molecule has 0 aromatic heterocycles. The molecule has 4 nitrogen and oxygen atoms in total. The van der Waals surface area contributed by atoms with Crippen LogP contribution < -0.4 is 10.9 Å². The number of hydrogen-bond donors (Lipinski definition) is 2. The highest BCUT2D eigenvalue weighted by Gasteiger charge is 2.37. The largest absolute Gasteiger partial charge is 0.329 e. The zero-order valence-corrected chi connectivity index (χ0v) is 7.42. The Labute approximate surface area is 72.0 Å². The molecule has 0 fully saturated rings. The summed E-state index contributed by atoms with van der Waals surface area (Å²) >= 11 is 0. The second kappa shape index (κ2) is 3.01. The zero-order chi connectivity index (χ0) is 9.24. The molecule has 0 amide bonds. The van der Waals surface area contributed by atoms with E-state index in [0.29, 0.717) is 6.42 Å². The molecule has 1 atom stereocenters. The van der Waals surface area contributed by atoms with E-state index >= 15 is 0 Å².